The molecule has 1 N–H and O–H groups in total. The number of carboxylic acid groups (broad SMARTS) is 1. The molecule has 16 heavy (non-hydrogen) atoms. The molecular formula is C11H12BrFO3. The number of ether oxygens (including phenoxy) is 1. The Labute approximate surface area is 101 Å². The summed E-state index contributed by atoms with van der Waals surface area (Å²) in [4.78, 5) is 10.9. The first-order valence-electron chi connectivity index (χ1n) is 4.92. The third-order valence-corrected chi connectivity index (χ3v) is 2.64. The van der Waals surface area contributed by atoms with E-state index in [1.54, 1.807) is 0 Å². The summed E-state index contributed by atoms with van der Waals surface area (Å²) in [6, 6.07) is 2.67. The third kappa shape index (κ3) is 2.95. The molecule has 1 rings (SSSR count). The van der Waals surface area contributed by atoms with Gasteiger partial charge in [-0.25, -0.2) is 9.18 Å². The van der Waals surface area contributed by atoms with Gasteiger partial charge in [-0.05, 0) is 34.5 Å². The van der Waals surface area contributed by atoms with Crippen LogP contribution >= 0.6 is 15.9 Å². The molecule has 0 spiro atoms. The zero-order chi connectivity index (χ0) is 12.1. The predicted octanol–water partition coefficient (Wildman–Crippen LogP) is 3.47. The predicted molar refractivity (Wildman–Crippen MR) is 61.5 cm³/mol. The number of halogens is 2. The quantitative estimate of drug-likeness (QED) is 0.845. The van der Waals surface area contributed by atoms with Crippen molar-refractivity contribution >= 4 is 21.9 Å². The van der Waals surface area contributed by atoms with Crippen LogP contribution in [0.4, 0.5) is 4.39 Å². The first-order valence-corrected chi connectivity index (χ1v) is 5.71. The number of unbranched alkanes of at least 4 members (excludes halogenated alkanes) is 1. The lowest BCUT2D eigenvalue weighted by molar-refractivity contribution is 0.0691. The molecule has 0 aromatic heterocycles. The van der Waals surface area contributed by atoms with Gasteiger partial charge in [-0.2, -0.15) is 0 Å². The molecule has 0 atom stereocenters. The smallest absolute Gasteiger partial charge is 0.339 e. The maximum Gasteiger partial charge on any atom is 0.339 e. The van der Waals surface area contributed by atoms with Gasteiger partial charge in [0.25, 0.3) is 0 Å². The van der Waals surface area contributed by atoms with E-state index in [0.29, 0.717) is 6.61 Å². The second-order valence-electron chi connectivity index (χ2n) is 3.25. The molecule has 0 aliphatic rings. The fourth-order valence-corrected chi connectivity index (χ4v) is 1.47. The van der Waals surface area contributed by atoms with Crippen molar-refractivity contribution in [2.24, 2.45) is 0 Å². The average Bonchev–Trinajstić information content (AvgIpc) is 2.24. The molecule has 0 aliphatic heterocycles. The Morgan fingerprint density at radius 2 is 2.25 bits per heavy atom. The summed E-state index contributed by atoms with van der Waals surface area (Å²) in [5.74, 6) is -2.07. The van der Waals surface area contributed by atoms with Crippen LogP contribution in [0.15, 0.2) is 16.6 Å². The van der Waals surface area contributed by atoms with Gasteiger partial charge in [0.05, 0.1) is 11.1 Å². The number of rotatable bonds is 5. The number of benzene rings is 1. The van der Waals surface area contributed by atoms with Gasteiger partial charge in [-0.3, -0.25) is 0 Å². The van der Waals surface area contributed by atoms with E-state index in [0.717, 1.165) is 12.8 Å². The van der Waals surface area contributed by atoms with Crippen LogP contribution in [0.5, 0.6) is 5.75 Å². The Kier molecular flexibility index (Phi) is 4.73. The van der Waals surface area contributed by atoms with Crippen LogP contribution < -0.4 is 4.74 Å². The van der Waals surface area contributed by atoms with Crippen molar-refractivity contribution in [1.82, 2.24) is 0 Å². The molecule has 88 valence electrons. The first-order chi connectivity index (χ1) is 7.57. The van der Waals surface area contributed by atoms with E-state index in [-0.39, 0.29) is 15.8 Å². The second-order valence-corrected chi connectivity index (χ2v) is 4.10. The van der Waals surface area contributed by atoms with Crippen LogP contribution in [0, 0.1) is 5.82 Å². The van der Waals surface area contributed by atoms with Crippen molar-refractivity contribution in [2.75, 3.05) is 6.61 Å². The van der Waals surface area contributed by atoms with E-state index in [4.69, 9.17) is 9.84 Å². The third-order valence-electron chi connectivity index (χ3n) is 2.02. The molecule has 0 saturated heterocycles. The van der Waals surface area contributed by atoms with E-state index in [9.17, 15) is 9.18 Å². The molecule has 0 heterocycles. The summed E-state index contributed by atoms with van der Waals surface area (Å²) in [7, 11) is 0. The van der Waals surface area contributed by atoms with Gasteiger partial charge in [-0.1, -0.05) is 13.3 Å². The van der Waals surface area contributed by atoms with Gasteiger partial charge >= 0.3 is 5.97 Å². The molecule has 0 amide bonds. The molecule has 0 fully saturated rings. The molecule has 5 heteroatoms. The molecule has 3 nitrogen and oxygen atoms in total. The summed E-state index contributed by atoms with van der Waals surface area (Å²) in [6.07, 6.45) is 1.66. The first kappa shape index (κ1) is 13.0. The minimum Gasteiger partial charge on any atom is -0.490 e. The largest absolute Gasteiger partial charge is 0.490 e. The highest BCUT2D eigenvalue weighted by Crippen LogP contribution is 2.29. The highest BCUT2D eigenvalue weighted by molar-refractivity contribution is 9.10. The normalized spacial score (nSPS) is 10.2. The minimum absolute atomic E-state index is 0.156. The Morgan fingerprint density at radius 3 is 2.81 bits per heavy atom. The van der Waals surface area contributed by atoms with Crippen LogP contribution in [-0.2, 0) is 0 Å². The zero-order valence-electron chi connectivity index (χ0n) is 8.80. The molecule has 0 aliphatic carbocycles. The Hall–Kier alpha value is -1.10. The van der Waals surface area contributed by atoms with Crippen LogP contribution in [0.3, 0.4) is 0 Å². The van der Waals surface area contributed by atoms with E-state index >= 15 is 0 Å². The molecule has 0 unspecified atom stereocenters. The van der Waals surface area contributed by atoms with Gasteiger partial charge in [0, 0.05) is 0 Å². The van der Waals surface area contributed by atoms with Crippen molar-refractivity contribution in [1.29, 1.82) is 0 Å². The van der Waals surface area contributed by atoms with E-state index in [2.05, 4.69) is 15.9 Å². The van der Waals surface area contributed by atoms with E-state index < -0.39 is 11.8 Å². The number of carbonyl (C=O) groups is 1. The molecule has 0 radical (unpaired) electrons. The standard InChI is InChI=1S/C11H12BrFO3/c1-2-3-6-16-10-7(11(14)15)4-5-8(12)9(10)13/h4-5H,2-3,6H2,1H3,(H,14,15). The number of aromatic carboxylic acids is 1. The molecule has 0 bridgehead atoms. The van der Waals surface area contributed by atoms with Crippen LogP contribution in [0.1, 0.15) is 30.1 Å². The SMILES string of the molecule is CCCCOc1c(C(=O)O)ccc(Br)c1F. The van der Waals surface area contributed by atoms with Gasteiger partial charge in [-0.15, -0.1) is 0 Å². The van der Waals surface area contributed by atoms with Gasteiger partial charge in [0.15, 0.2) is 11.6 Å². The topological polar surface area (TPSA) is 46.5 Å². The van der Waals surface area contributed by atoms with E-state index in [1.807, 2.05) is 6.92 Å². The van der Waals surface area contributed by atoms with Crippen molar-refractivity contribution in [3.8, 4) is 5.75 Å². The highest BCUT2D eigenvalue weighted by Gasteiger charge is 2.18. The fourth-order valence-electron chi connectivity index (χ4n) is 1.16. The Morgan fingerprint density at radius 1 is 1.56 bits per heavy atom. The average molecular weight is 291 g/mol. The molecular weight excluding hydrogens is 279 g/mol. The van der Waals surface area contributed by atoms with Crippen LogP contribution in [0.25, 0.3) is 0 Å². The monoisotopic (exact) mass is 290 g/mol. The molecule has 0 saturated carbocycles. The maximum absolute atomic E-state index is 13.6. The lowest BCUT2D eigenvalue weighted by Gasteiger charge is -2.10. The fraction of sp³-hybridized carbons (Fsp3) is 0.364. The molecule has 1 aromatic rings. The van der Waals surface area contributed by atoms with E-state index in [1.165, 1.54) is 12.1 Å². The van der Waals surface area contributed by atoms with Crippen molar-refractivity contribution in [3.05, 3.63) is 28.0 Å². The summed E-state index contributed by atoms with van der Waals surface area (Å²) in [5.41, 5.74) is -0.156. The second kappa shape index (κ2) is 5.84. The summed E-state index contributed by atoms with van der Waals surface area (Å²) < 4.78 is 19.0. The van der Waals surface area contributed by atoms with Gasteiger partial charge < -0.3 is 9.84 Å². The highest BCUT2D eigenvalue weighted by atomic mass is 79.9. The Balaban J connectivity index is 3.01. The lowest BCUT2D eigenvalue weighted by Crippen LogP contribution is -2.06. The van der Waals surface area contributed by atoms with Crippen LogP contribution in [0.2, 0.25) is 0 Å². The summed E-state index contributed by atoms with van der Waals surface area (Å²) in [5, 5.41) is 8.88. The summed E-state index contributed by atoms with van der Waals surface area (Å²) >= 11 is 2.99. The minimum atomic E-state index is -1.20. The number of hydrogen-bond acceptors (Lipinski definition) is 2. The van der Waals surface area contributed by atoms with Crippen molar-refractivity contribution in [3.63, 3.8) is 0 Å². The number of hydrogen-bond donors (Lipinski definition) is 1. The van der Waals surface area contributed by atoms with Gasteiger partial charge in [0.2, 0.25) is 0 Å². The number of carboxylic acids is 1. The zero-order valence-corrected chi connectivity index (χ0v) is 10.4. The Bertz CT molecular complexity index is 393. The molecule has 1 aromatic carbocycles. The van der Waals surface area contributed by atoms with Crippen LogP contribution in [-0.4, -0.2) is 17.7 Å². The van der Waals surface area contributed by atoms with Crippen molar-refractivity contribution < 1.29 is 19.0 Å². The maximum atomic E-state index is 13.6. The van der Waals surface area contributed by atoms with Crippen molar-refractivity contribution in [2.45, 2.75) is 19.8 Å². The lowest BCUT2D eigenvalue weighted by atomic mass is 10.2. The van der Waals surface area contributed by atoms with Gasteiger partial charge in [0.1, 0.15) is 5.56 Å². The summed E-state index contributed by atoms with van der Waals surface area (Å²) in [6.45, 7) is 2.28.